The molecule has 1 aromatic heterocycles. The van der Waals surface area contributed by atoms with E-state index < -0.39 is 0 Å². The minimum Gasteiger partial charge on any atom is -0.380 e. The first-order valence-corrected chi connectivity index (χ1v) is 8.01. The Labute approximate surface area is 122 Å². The molecular weight excluding hydrogens is 250 g/mol. The number of methoxy groups -OCH3 is 1. The van der Waals surface area contributed by atoms with Crippen LogP contribution in [0.15, 0.2) is 0 Å². The Balaban J connectivity index is 2.06. The largest absolute Gasteiger partial charge is 0.380 e. The predicted molar refractivity (Wildman–Crippen MR) is 81.9 cm³/mol. The van der Waals surface area contributed by atoms with Gasteiger partial charge in [-0.2, -0.15) is 5.10 Å². The molecule has 1 aliphatic rings. The molecule has 4 nitrogen and oxygen atoms in total. The Morgan fingerprint density at radius 1 is 1.25 bits per heavy atom. The highest BCUT2D eigenvalue weighted by molar-refractivity contribution is 5.26. The minimum absolute atomic E-state index is 0.371. The van der Waals surface area contributed by atoms with E-state index in [2.05, 4.69) is 31.3 Å². The van der Waals surface area contributed by atoms with Gasteiger partial charge in [0.15, 0.2) is 0 Å². The summed E-state index contributed by atoms with van der Waals surface area (Å²) in [5, 5.41) is 8.37. The van der Waals surface area contributed by atoms with E-state index in [1.54, 1.807) is 0 Å². The van der Waals surface area contributed by atoms with Gasteiger partial charge in [0.05, 0.1) is 11.8 Å². The molecule has 0 unspecified atom stereocenters. The molecule has 0 saturated heterocycles. The first-order valence-electron chi connectivity index (χ1n) is 8.01. The zero-order valence-electron chi connectivity index (χ0n) is 13.4. The fraction of sp³-hybridized carbons (Fsp3) is 0.812. The lowest BCUT2D eigenvalue weighted by Gasteiger charge is -2.31. The fourth-order valence-corrected chi connectivity index (χ4v) is 3.44. The van der Waals surface area contributed by atoms with Gasteiger partial charge in [-0.3, -0.25) is 4.68 Å². The number of rotatable bonds is 6. The van der Waals surface area contributed by atoms with Crippen LogP contribution in [-0.4, -0.2) is 29.0 Å². The van der Waals surface area contributed by atoms with E-state index in [1.807, 2.05) is 11.8 Å². The molecule has 1 heterocycles. The third-order valence-corrected chi connectivity index (χ3v) is 4.57. The van der Waals surface area contributed by atoms with Crippen LogP contribution in [0.2, 0.25) is 0 Å². The van der Waals surface area contributed by atoms with Crippen molar-refractivity contribution in [3.05, 3.63) is 17.0 Å². The fourth-order valence-electron chi connectivity index (χ4n) is 3.44. The maximum Gasteiger partial charge on any atom is 0.0724 e. The number of aryl methyl sites for hydroxylation is 2. The molecule has 0 bridgehead atoms. The molecule has 1 N–H and O–H groups in total. The van der Waals surface area contributed by atoms with Crippen LogP contribution in [0.1, 0.15) is 56.5 Å². The summed E-state index contributed by atoms with van der Waals surface area (Å²) in [7, 11) is 3.89. The first kappa shape index (κ1) is 15.5. The van der Waals surface area contributed by atoms with Crippen LogP contribution in [0, 0.1) is 0 Å². The molecule has 1 aromatic rings. The summed E-state index contributed by atoms with van der Waals surface area (Å²) in [6.45, 7) is 5.31. The highest BCUT2D eigenvalue weighted by atomic mass is 16.5. The SMILES string of the molecule is CCc1nn(C)c(CC)c1CN[C@@H]1CCCC[C@@H]1OC. The highest BCUT2D eigenvalue weighted by Crippen LogP contribution is 2.22. The van der Waals surface area contributed by atoms with Crippen molar-refractivity contribution < 1.29 is 4.74 Å². The molecule has 1 saturated carbocycles. The van der Waals surface area contributed by atoms with Crippen LogP contribution in [0.5, 0.6) is 0 Å². The van der Waals surface area contributed by atoms with Gasteiger partial charge in [-0.05, 0) is 25.7 Å². The molecule has 4 heteroatoms. The molecule has 0 amide bonds. The smallest absolute Gasteiger partial charge is 0.0724 e. The van der Waals surface area contributed by atoms with Gasteiger partial charge < -0.3 is 10.1 Å². The van der Waals surface area contributed by atoms with E-state index in [1.165, 1.54) is 42.6 Å². The van der Waals surface area contributed by atoms with Crippen molar-refractivity contribution in [2.45, 2.75) is 71.1 Å². The summed E-state index contributed by atoms with van der Waals surface area (Å²) < 4.78 is 7.67. The zero-order chi connectivity index (χ0) is 14.5. The van der Waals surface area contributed by atoms with Crippen molar-refractivity contribution in [2.75, 3.05) is 7.11 Å². The molecular formula is C16H29N3O. The first-order chi connectivity index (χ1) is 9.71. The van der Waals surface area contributed by atoms with Gasteiger partial charge in [0.2, 0.25) is 0 Å². The quantitative estimate of drug-likeness (QED) is 0.870. The molecule has 1 aliphatic carbocycles. The van der Waals surface area contributed by atoms with E-state index in [0.29, 0.717) is 12.1 Å². The Kier molecular flexibility index (Phi) is 5.61. The van der Waals surface area contributed by atoms with Crippen molar-refractivity contribution in [3.63, 3.8) is 0 Å². The van der Waals surface area contributed by atoms with Crippen molar-refractivity contribution >= 4 is 0 Å². The summed E-state index contributed by atoms with van der Waals surface area (Å²) in [6, 6.07) is 0.489. The van der Waals surface area contributed by atoms with E-state index in [-0.39, 0.29) is 0 Å². The normalized spacial score (nSPS) is 23.2. The third kappa shape index (κ3) is 3.23. The highest BCUT2D eigenvalue weighted by Gasteiger charge is 2.25. The van der Waals surface area contributed by atoms with Crippen LogP contribution >= 0.6 is 0 Å². The van der Waals surface area contributed by atoms with Gasteiger partial charge in [-0.15, -0.1) is 0 Å². The Morgan fingerprint density at radius 2 is 2.00 bits per heavy atom. The minimum atomic E-state index is 0.371. The number of hydrogen-bond acceptors (Lipinski definition) is 3. The van der Waals surface area contributed by atoms with Crippen LogP contribution in [0.25, 0.3) is 0 Å². The molecule has 2 rings (SSSR count). The molecule has 1 fully saturated rings. The third-order valence-electron chi connectivity index (χ3n) is 4.57. The van der Waals surface area contributed by atoms with Gasteiger partial charge in [0.1, 0.15) is 0 Å². The average Bonchev–Trinajstić information content (AvgIpc) is 2.80. The van der Waals surface area contributed by atoms with Crippen molar-refractivity contribution in [1.82, 2.24) is 15.1 Å². The molecule has 2 atom stereocenters. The van der Waals surface area contributed by atoms with Gasteiger partial charge in [-0.1, -0.05) is 26.7 Å². The van der Waals surface area contributed by atoms with Crippen molar-refractivity contribution in [1.29, 1.82) is 0 Å². The van der Waals surface area contributed by atoms with Gasteiger partial charge in [-0.25, -0.2) is 0 Å². The summed E-state index contributed by atoms with van der Waals surface area (Å²) in [5.74, 6) is 0. The number of nitrogens with zero attached hydrogens (tertiary/aromatic N) is 2. The van der Waals surface area contributed by atoms with Crippen molar-refractivity contribution in [3.8, 4) is 0 Å². The molecule has 0 aromatic carbocycles. The van der Waals surface area contributed by atoms with E-state index in [4.69, 9.17) is 4.74 Å². The van der Waals surface area contributed by atoms with E-state index in [9.17, 15) is 0 Å². The zero-order valence-corrected chi connectivity index (χ0v) is 13.4. The van der Waals surface area contributed by atoms with Gasteiger partial charge in [0, 0.05) is 38.0 Å². The van der Waals surface area contributed by atoms with E-state index >= 15 is 0 Å². The molecule has 114 valence electrons. The second kappa shape index (κ2) is 7.23. The average molecular weight is 279 g/mol. The standard InChI is InChI=1S/C16H29N3O/c1-5-13-12(15(6-2)19(3)18-13)11-17-14-9-7-8-10-16(14)20-4/h14,16-17H,5-11H2,1-4H3/t14-,16+/m1/s1. The summed E-state index contributed by atoms with van der Waals surface area (Å²) in [6.07, 6.45) is 7.43. The molecule has 0 spiro atoms. The monoisotopic (exact) mass is 279 g/mol. The number of ether oxygens (including phenoxy) is 1. The lowest BCUT2D eigenvalue weighted by atomic mass is 9.92. The lowest BCUT2D eigenvalue weighted by molar-refractivity contribution is 0.0412. The number of aromatic nitrogens is 2. The molecule has 0 radical (unpaired) electrons. The Hall–Kier alpha value is -0.870. The summed E-state index contributed by atoms with van der Waals surface area (Å²) >= 11 is 0. The Bertz CT molecular complexity index is 428. The molecule has 20 heavy (non-hydrogen) atoms. The number of nitrogens with one attached hydrogen (secondary N) is 1. The van der Waals surface area contributed by atoms with Crippen LogP contribution in [0.3, 0.4) is 0 Å². The van der Waals surface area contributed by atoms with E-state index in [0.717, 1.165) is 19.4 Å². The summed E-state index contributed by atoms with van der Waals surface area (Å²) in [5.41, 5.74) is 4.00. The second-order valence-electron chi connectivity index (χ2n) is 5.75. The topological polar surface area (TPSA) is 39.1 Å². The maximum absolute atomic E-state index is 5.63. The van der Waals surface area contributed by atoms with Gasteiger partial charge >= 0.3 is 0 Å². The predicted octanol–water partition coefficient (Wildman–Crippen LogP) is 2.59. The van der Waals surface area contributed by atoms with Crippen LogP contribution in [-0.2, 0) is 31.2 Å². The number of hydrogen-bond donors (Lipinski definition) is 1. The maximum atomic E-state index is 5.63. The van der Waals surface area contributed by atoms with Crippen LogP contribution in [0.4, 0.5) is 0 Å². The Morgan fingerprint density at radius 3 is 2.65 bits per heavy atom. The summed E-state index contributed by atoms with van der Waals surface area (Å²) in [4.78, 5) is 0. The van der Waals surface area contributed by atoms with Crippen LogP contribution < -0.4 is 5.32 Å². The van der Waals surface area contributed by atoms with Gasteiger partial charge in [0.25, 0.3) is 0 Å². The second-order valence-corrected chi connectivity index (χ2v) is 5.75. The molecule has 0 aliphatic heterocycles. The lowest BCUT2D eigenvalue weighted by Crippen LogP contribution is -2.42. The van der Waals surface area contributed by atoms with Crippen molar-refractivity contribution in [2.24, 2.45) is 7.05 Å².